The number of anilines is 1. The van der Waals surface area contributed by atoms with E-state index in [1.807, 2.05) is 20.8 Å². The molecule has 0 radical (unpaired) electrons. The summed E-state index contributed by atoms with van der Waals surface area (Å²) in [4.78, 5) is 29.5. The molecule has 2 amide bonds. The Balaban J connectivity index is 1.64. The van der Waals surface area contributed by atoms with Gasteiger partial charge in [0.2, 0.25) is 5.89 Å². The van der Waals surface area contributed by atoms with E-state index >= 15 is 0 Å². The van der Waals surface area contributed by atoms with Gasteiger partial charge < -0.3 is 15.2 Å². The topological polar surface area (TPSA) is 97.1 Å². The van der Waals surface area contributed by atoms with Crippen LogP contribution in [-0.4, -0.2) is 22.0 Å². The first-order valence-electron chi connectivity index (χ1n) is 8.92. The zero-order chi connectivity index (χ0) is 21.2. The predicted molar refractivity (Wildman–Crippen MR) is 108 cm³/mol. The lowest BCUT2D eigenvalue weighted by molar-refractivity contribution is 0.0952. The van der Waals surface area contributed by atoms with Gasteiger partial charge >= 0.3 is 0 Å². The molecule has 2 heterocycles. The minimum atomic E-state index is -0.490. The van der Waals surface area contributed by atoms with E-state index in [-0.39, 0.29) is 23.4 Å². The van der Waals surface area contributed by atoms with Crippen molar-refractivity contribution >= 4 is 28.2 Å². The molecule has 0 saturated carbocycles. The van der Waals surface area contributed by atoms with Crippen LogP contribution in [0, 0.1) is 12.7 Å². The lowest BCUT2D eigenvalue weighted by Gasteiger charge is -2.10. The Morgan fingerprint density at radius 2 is 1.97 bits per heavy atom. The average molecular weight is 416 g/mol. The Labute approximate surface area is 171 Å². The molecule has 0 aliphatic heterocycles. The van der Waals surface area contributed by atoms with Crippen molar-refractivity contribution in [1.82, 2.24) is 15.5 Å². The number of carbonyl (C=O) groups is 2. The molecule has 0 fully saturated rings. The lowest BCUT2D eigenvalue weighted by atomic mass is 9.97. The Bertz CT molecular complexity index is 1050. The summed E-state index contributed by atoms with van der Waals surface area (Å²) in [5.74, 6) is -0.357. The van der Waals surface area contributed by atoms with Gasteiger partial charge in [-0.25, -0.2) is 4.39 Å². The molecule has 0 atom stereocenters. The quantitative estimate of drug-likeness (QED) is 0.654. The molecule has 9 heteroatoms. The zero-order valence-electron chi connectivity index (χ0n) is 16.5. The van der Waals surface area contributed by atoms with Gasteiger partial charge in [-0.1, -0.05) is 32.0 Å². The highest BCUT2D eigenvalue weighted by Crippen LogP contribution is 2.27. The van der Waals surface area contributed by atoms with Gasteiger partial charge in [-0.2, -0.15) is 4.98 Å². The normalized spacial score (nSPS) is 11.3. The molecule has 2 aromatic heterocycles. The number of nitrogens with one attached hydrogen (secondary N) is 2. The van der Waals surface area contributed by atoms with Crippen LogP contribution in [0.2, 0.25) is 0 Å². The highest BCUT2D eigenvalue weighted by Gasteiger charge is 2.22. The lowest BCUT2D eigenvalue weighted by Crippen LogP contribution is -2.23. The van der Waals surface area contributed by atoms with Crippen molar-refractivity contribution in [3.8, 4) is 0 Å². The molecule has 0 bridgehead atoms. The maximum absolute atomic E-state index is 13.3. The van der Waals surface area contributed by atoms with Gasteiger partial charge in [0, 0.05) is 11.0 Å². The molecule has 2 N–H and O–H groups in total. The van der Waals surface area contributed by atoms with Crippen LogP contribution in [0.1, 0.15) is 58.1 Å². The van der Waals surface area contributed by atoms with Crippen molar-refractivity contribution < 1.29 is 18.5 Å². The number of benzene rings is 1. The van der Waals surface area contributed by atoms with E-state index in [1.54, 1.807) is 13.0 Å². The largest absolute Gasteiger partial charge is 0.344 e. The van der Waals surface area contributed by atoms with Crippen LogP contribution in [0.25, 0.3) is 0 Å². The minimum absolute atomic E-state index is 0.126. The number of rotatable bonds is 5. The van der Waals surface area contributed by atoms with Crippen LogP contribution in [0.5, 0.6) is 0 Å². The molecule has 0 unspecified atom stereocenters. The standard InChI is InChI=1S/C20H21FN4O3S/c1-11-8-15(24-17(26)12-6-5-7-13(21)9-12)29-16(11)18(27)22-10-14-23-19(28-25-14)20(2,3)4/h5-9H,10H2,1-4H3,(H,22,27)(H,24,26). The van der Waals surface area contributed by atoms with Crippen LogP contribution < -0.4 is 10.6 Å². The molecular weight excluding hydrogens is 395 g/mol. The van der Waals surface area contributed by atoms with Crippen molar-refractivity contribution in [2.45, 2.75) is 39.7 Å². The smallest absolute Gasteiger partial charge is 0.262 e. The van der Waals surface area contributed by atoms with Crippen LogP contribution in [0.15, 0.2) is 34.9 Å². The fourth-order valence-corrected chi connectivity index (χ4v) is 3.44. The molecule has 1 aromatic carbocycles. The Kier molecular flexibility index (Phi) is 5.78. The van der Waals surface area contributed by atoms with Gasteiger partial charge in [-0.05, 0) is 36.8 Å². The molecule has 3 aromatic rings. The monoisotopic (exact) mass is 416 g/mol. The third-order valence-corrected chi connectivity index (χ3v) is 5.12. The van der Waals surface area contributed by atoms with Gasteiger partial charge in [0.05, 0.1) is 16.4 Å². The summed E-state index contributed by atoms with van der Waals surface area (Å²) in [7, 11) is 0. The highest BCUT2D eigenvalue weighted by molar-refractivity contribution is 7.18. The van der Waals surface area contributed by atoms with Gasteiger partial charge in [-0.15, -0.1) is 11.3 Å². The molecule has 152 valence electrons. The first-order chi connectivity index (χ1) is 13.6. The van der Waals surface area contributed by atoms with Crippen LogP contribution in [0.3, 0.4) is 0 Å². The first-order valence-corrected chi connectivity index (χ1v) is 9.74. The molecule has 3 rings (SSSR count). The van der Waals surface area contributed by atoms with E-state index < -0.39 is 11.7 Å². The summed E-state index contributed by atoms with van der Waals surface area (Å²) in [5.41, 5.74) is 0.647. The molecule has 29 heavy (non-hydrogen) atoms. The molecule has 0 saturated heterocycles. The molecule has 0 spiro atoms. The number of nitrogens with zero attached hydrogens (tertiary/aromatic N) is 2. The van der Waals surface area contributed by atoms with Crippen molar-refractivity contribution in [3.05, 3.63) is 63.9 Å². The second kappa shape index (κ2) is 8.12. The average Bonchev–Trinajstić information content (AvgIpc) is 3.26. The summed E-state index contributed by atoms with van der Waals surface area (Å²) < 4.78 is 18.5. The van der Waals surface area contributed by atoms with E-state index in [2.05, 4.69) is 20.8 Å². The Morgan fingerprint density at radius 3 is 2.62 bits per heavy atom. The SMILES string of the molecule is Cc1cc(NC(=O)c2cccc(F)c2)sc1C(=O)NCc1noc(C(C)(C)C)n1. The highest BCUT2D eigenvalue weighted by atomic mass is 32.1. The third kappa shape index (κ3) is 5.05. The molecule has 7 nitrogen and oxygen atoms in total. The van der Waals surface area contributed by atoms with Crippen molar-refractivity contribution in [2.75, 3.05) is 5.32 Å². The fourth-order valence-electron chi connectivity index (χ4n) is 2.45. The Hall–Kier alpha value is -3.07. The molecular formula is C20H21FN4O3S. The number of carbonyl (C=O) groups excluding carboxylic acids is 2. The Morgan fingerprint density at radius 1 is 1.21 bits per heavy atom. The number of hydrogen-bond donors (Lipinski definition) is 2. The van der Waals surface area contributed by atoms with Crippen molar-refractivity contribution in [3.63, 3.8) is 0 Å². The van der Waals surface area contributed by atoms with E-state index in [9.17, 15) is 14.0 Å². The second-order valence-corrected chi connectivity index (χ2v) is 8.59. The van der Waals surface area contributed by atoms with Crippen LogP contribution >= 0.6 is 11.3 Å². The predicted octanol–water partition coefficient (Wildman–Crippen LogP) is 4.06. The van der Waals surface area contributed by atoms with Gasteiger partial charge in [0.15, 0.2) is 5.82 Å². The van der Waals surface area contributed by atoms with Gasteiger partial charge in [-0.3, -0.25) is 9.59 Å². The maximum Gasteiger partial charge on any atom is 0.262 e. The van der Waals surface area contributed by atoms with Gasteiger partial charge in [0.1, 0.15) is 5.82 Å². The fraction of sp³-hybridized carbons (Fsp3) is 0.300. The summed E-state index contributed by atoms with van der Waals surface area (Å²) in [6.07, 6.45) is 0. The number of aryl methyl sites for hydroxylation is 1. The van der Waals surface area contributed by atoms with Gasteiger partial charge in [0.25, 0.3) is 11.8 Å². The van der Waals surface area contributed by atoms with E-state index in [0.29, 0.717) is 27.2 Å². The molecule has 0 aliphatic carbocycles. The van der Waals surface area contributed by atoms with Crippen molar-refractivity contribution in [2.24, 2.45) is 0 Å². The number of aromatic nitrogens is 2. The number of amides is 2. The first kappa shape index (κ1) is 20.7. The van der Waals surface area contributed by atoms with Crippen LogP contribution in [0.4, 0.5) is 9.39 Å². The molecule has 0 aliphatic rings. The maximum atomic E-state index is 13.3. The zero-order valence-corrected chi connectivity index (χ0v) is 17.3. The third-order valence-electron chi connectivity index (χ3n) is 3.96. The minimum Gasteiger partial charge on any atom is -0.344 e. The van der Waals surface area contributed by atoms with Crippen molar-refractivity contribution in [1.29, 1.82) is 0 Å². The second-order valence-electron chi connectivity index (χ2n) is 7.54. The summed E-state index contributed by atoms with van der Waals surface area (Å²) in [6.45, 7) is 7.77. The van der Waals surface area contributed by atoms with E-state index in [0.717, 1.165) is 17.4 Å². The van der Waals surface area contributed by atoms with Crippen LogP contribution in [-0.2, 0) is 12.0 Å². The van der Waals surface area contributed by atoms with E-state index in [4.69, 9.17) is 4.52 Å². The number of halogens is 1. The summed E-state index contributed by atoms with van der Waals surface area (Å²) in [5, 5.41) is 9.81. The number of hydrogen-bond acceptors (Lipinski definition) is 6. The van der Waals surface area contributed by atoms with E-state index in [1.165, 1.54) is 18.2 Å². The summed E-state index contributed by atoms with van der Waals surface area (Å²) >= 11 is 1.14. The summed E-state index contributed by atoms with van der Waals surface area (Å²) in [6, 6.07) is 7.10. The number of thiophene rings is 1.